The number of halogens is 1. The molecule has 1 aliphatic heterocycles. The number of hydrogen-bond acceptors (Lipinski definition) is 3. The van der Waals surface area contributed by atoms with Gasteiger partial charge in [0.05, 0.1) is 23.2 Å². The van der Waals surface area contributed by atoms with Crippen LogP contribution in [-0.2, 0) is 6.54 Å². The number of aryl methyl sites for hydroxylation is 1. The fourth-order valence-corrected chi connectivity index (χ4v) is 3.15. The summed E-state index contributed by atoms with van der Waals surface area (Å²) in [4.78, 5) is 4.46. The Kier molecular flexibility index (Phi) is 2.94. The van der Waals surface area contributed by atoms with E-state index in [2.05, 4.69) is 20.9 Å². The van der Waals surface area contributed by atoms with Gasteiger partial charge in [-0.05, 0) is 37.3 Å². The first-order valence-electron chi connectivity index (χ1n) is 6.84. The second-order valence-corrected chi connectivity index (χ2v) is 6.11. The second kappa shape index (κ2) is 4.84. The molecule has 0 fully saturated rings. The van der Waals surface area contributed by atoms with Crippen LogP contribution >= 0.6 is 15.9 Å². The summed E-state index contributed by atoms with van der Waals surface area (Å²) in [7, 11) is 0. The Morgan fingerprint density at radius 3 is 3.00 bits per heavy atom. The van der Waals surface area contributed by atoms with E-state index >= 15 is 0 Å². The fourth-order valence-electron chi connectivity index (χ4n) is 2.79. The molecule has 3 aromatic rings. The molecule has 2 aromatic heterocycles. The zero-order valence-electron chi connectivity index (χ0n) is 11.8. The van der Waals surface area contributed by atoms with Crippen molar-refractivity contribution in [3.05, 3.63) is 75.3 Å². The average Bonchev–Trinajstić information content (AvgIpc) is 3.08. The molecule has 0 saturated heterocycles. The Morgan fingerprint density at radius 2 is 2.23 bits per heavy atom. The van der Waals surface area contributed by atoms with E-state index in [1.54, 1.807) is 18.4 Å². The van der Waals surface area contributed by atoms with Crippen LogP contribution in [0.5, 0.6) is 0 Å². The van der Waals surface area contributed by atoms with Crippen molar-refractivity contribution in [3.8, 4) is 5.69 Å². The highest BCUT2D eigenvalue weighted by Gasteiger charge is 2.28. The topological polar surface area (TPSA) is 57.0 Å². The van der Waals surface area contributed by atoms with Crippen LogP contribution in [0.1, 0.15) is 22.8 Å². The monoisotopic (exact) mass is 357 g/mol. The maximum atomic E-state index is 12.7. The predicted octanol–water partition coefficient (Wildman–Crippen LogP) is 3.40. The lowest BCUT2D eigenvalue weighted by molar-refractivity contribution is -0.475. The lowest BCUT2D eigenvalue weighted by Crippen LogP contribution is -2.17. The van der Waals surface area contributed by atoms with Gasteiger partial charge in [-0.3, -0.25) is 4.57 Å². The number of furan rings is 1. The van der Waals surface area contributed by atoms with Crippen LogP contribution in [0.4, 0.5) is 0 Å². The van der Waals surface area contributed by atoms with E-state index in [0.29, 0.717) is 11.5 Å². The van der Waals surface area contributed by atoms with Gasteiger partial charge in [0.2, 0.25) is 6.54 Å². The molecule has 0 spiro atoms. The molecule has 0 atom stereocenters. The van der Waals surface area contributed by atoms with Crippen LogP contribution in [0, 0.1) is 12.1 Å². The Bertz CT molecular complexity index is 894. The zero-order chi connectivity index (χ0) is 15.3. The van der Waals surface area contributed by atoms with Gasteiger partial charge in [-0.25, -0.2) is 4.98 Å². The zero-order valence-corrected chi connectivity index (χ0v) is 13.4. The molecule has 0 amide bonds. The SMILES string of the molecule is Cc1cn2c(n1)C[N+]([O-])=C(c1ccco1)c1cc(Br)ccc1-2. The number of rotatable bonds is 1. The summed E-state index contributed by atoms with van der Waals surface area (Å²) >= 11 is 3.48. The molecular weight excluding hydrogens is 346 g/mol. The molecule has 1 aliphatic rings. The van der Waals surface area contributed by atoms with Crippen molar-refractivity contribution in [2.24, 2.45) is 0 Å². The van der Waals surface area contributed by atoms with Crippen LogP contribution in [0.25, 0.3) is 5.69 Å². The molecule has 3 heterocycles. The van der Waals surface area contributed by atoms with E-state index in [0.717, 1.165) is 32.0 Å². The van der Waals surface area contributed by atoms with Crippen molar-refractivity contribution in [2.45, 2.75) is 13.5 Å². The molecule has 0 saturated carbocycles. The summed E-state index contributed by atoms with van der Waals surface area (Å²) in [5.41, 5.74) is 3.14. The maximum Gasteiger partial charge on any atom is 0.263 e. The molecule has 110 valence electrons. The molecule has 4 rings (SSSR count). The predicted molar refractivity (Wildman–Crippen MR) is 85.3 cm³/mol. The normalized spacial score (nSPS) is 13.7. The van der Waals surface area contributed by atoms with Crippen molar-refractivity contribution < 1.29 is 9.16 Å². The largest absolute Gasteiger partial charge is 0.623 e. The standard InChI is InChI=1S/C16H12BrN3O2/c1-10-8-19-13-5-4-11(17)7-12(13)16(14-3-2-6-22-14)20(21)9-15(19)18-10/h2-8H,9H2,1H3. The molecule has 0 N–H and O–H groups in total. The number of aromatic nitrogens is 2. The van der Waals surface area contributed by atoms with Gasteiger partial charge in [-0.15, -0.1) is 0 Å². The average molecular weight is 358 g/mol. The summed E-state index contributed by atoms with van der Waals surface area (Å²) in [5.74, 6) is 1.27. The summed E-state index contributed by atoms with van der Waals surface area (Å²) in [5, 5.41) is 12.7. The van der Waals surface area contributed by atoms with Gasteiger partial charge in [0.25, 0.3) is 5.71 Å². The first-order chi connectivity index (χ1) is 10.6. The highest BCUT2D eigenvalue weighted by Crippen LogP contribution is 2.27. The van der Waals surface area contributed by atoms with Crippen molar-refractivity contribution in [1.29, 1.82) is 0 Å². The molecule has 0 bridgehead atoms. The minimum atomic E-state index is 0.177. The third kappa shape index (κ3) is 1.99. The molecule has 5 nitrogen and oxygen atoms in total. The molecule has 22 heavy (non-hydrogen) atoms. The lowest BCUT2D eigenvalue weighted by atomic mass is 10.1. The van der Waals surface area contributed by atoms with Gasteiger partial charge < -0.3 is 9.62 Å². The number of hydroxylamine groups is 1. The third-order valence-corrected chi connectivity index (χ3v) is 4.15. The number of nitrogens with zero attached hydrogens (tertiary/aromatic N) is 3. The van der Waals surface area contributed by atoms with E-state index in [1.165, 1.54) is 0 Å². The van der Waals surface area contributed by atoms with Gasteiger partial charge in [-0.2, -0.15) is 4.74 Å². The van der Waals surface area contributed by atoms with Crippen molar-refractivity contribution in [2.75, 3.05) is 0 Å². The minimum absolute atomic E-state index is 0.177. The molecule has 1 aromatic carbocycles. The summed E-state index contributed by atoms with van der Waals surface area (Å²) in [6.07, 6.45) is 3.52. The van der Waals surface area contributed by atoms with E-state index in [9.17, 15) is 5.21 Å². The van der Waals surface area contributed by atoms with Gasteiger partial charge in [0.15, 0.2) is 11.6 Å². The van der Waals surface area contributed by atoms with Crippen LogP contribution in [-0.4, -0.2) is 20.0 Å². The Morgan fingerprint density at radius 1 is 1.36 bits per heavy atom. The summed E-state index contributed by atoms with van der Waals surface area (Å²) < 4.78 is 9.29. The minimum Gasteiger partial charge on any atom is -0.623 e. The Hall–Kier alpha value is -2.34. The van der Waals surface area contributed by atoms with Crippen molar-refractivity contribution in [3.63, 3.8) is 0 Å². The van der Waals surface area contributed by atoms with Crippen LogP contribution in [0.15, 0.2) is 51.7 Å². The Balaban J connectivity index is 2.07. The number of imidazole rings is 1. The fraction of sp³-hybridized carbons (Fsp3) is 0.125. The van der Waals surface area contributed by atoms with Gasteiger partial charge in [0.1, 0.15) is 0 Å². The molecule has 0 radical (unpaired) electrons. The first kappa shape index (κ1) is 13.3. The van der Waals surface area contributed by atoms with E-state index in [-0.39, 0.29) is 6.54 Å². The van der Waals surface area contributed by atoms with Crippen LogP contribution < -0.4 is 0 Å². The Labute approximate surface area is 135 Å². The molecular formula is C16H12BrN3O2. The quantitative estimate of drug-likeness (QED) is 0.495. The van der Waals surface area contributed by atoms with Gasteiger partial charge in [-0.1, -0.05) is 15.9 Å². The van der Waals surface area contributed by atoms with Gasteiger partial charge >= 0.3 is 0 Å². The molecule has 0 unspecified atom stereocenters. The summed E-state index contributed by atoms with van der Waals surface area (Å²) in [6.45, 7) is 2.10. The highest BCUT2D eigenvalue weighted by molar-refractivity contribution is 9.10. The van der Waals surface area contributed by atoms with E-state index in [1.807, 2.05) is 35.9 Å². The number of hydrogen-bond donors (Lipinski definition) is 0. The third-order valence-electron chi connectivity index (χ3n) is 3.66. The highest BCUT2D eigenvalue weighted by atomic mass is 79.9. The van der Waals surface area contributed by atoms with Crippen molar-refractivity contribution in [1.82, 2.24) is 9.55 Å². The maximum absolute atomic E-state index is 12.7. The molecule has 6 heteroatoms. The van der Waals surface area contributed by atoms with Crippen LogP contribution in [0.2, 0.25) is 0 Å². The summed E-state index contributed by atoms with van der Waals surface area (Å²) in [6, 6.07) is 9.44. The smallest absolute Gasteiger partial charge is 0.263 e. The van der Waals surface area contributed by atoms with E-state index < -0.39 is 0 Å². The molecule has 0 aliphatic carbocycles. The first-order valence-corrected chi connectivity index (χ1v) is 7.63. The van der Waals surface area contributed by atoms with Crippen LogP contribution in [0.3, 0.4) is 0 Å². The second-order valence-electron chi connectivity index (χ2n) is 5.19. The lowest BCUT2D eigenvalue weighted by Gasteiger charge is -2.09. The van der Waals surface area contributed by atoms with E-state index in [4.69, 9.17) is 4.42 Å². The van der Waals surface area contributed by atoms with Crippen molar-refractivity contribution >= 4 is 21.6 Å². The van der Waals surface area contributed by atoms with Gasteiger partial charge in [0, 0.05) is 10.7 Å². The number of benzene rings is 1. The number of fused-ring (bicyclic) bond motifs is 3.